The summed E-state index contributed by atoms with van der Waals surface area (Å²) >= 11 is 11.4. The molecule has 0 bridgehead atoms. The van der Waals surface area contributed by atoms with Gasteiger partial charge in [0.25, 0.3) is 0 Å². The van der Waals surface area contributed by atoms with Crippen LogP contribution in [0.25, 0.3) is 0 Å². The van der Waals surface area contributed by atoms with Crippen LogP contribution in [0.5, 0.6) is 0 Å². The second kappa shape index (κ2) is 6.85. The van der Waals surface area contributed by atoms with E-state index in [1.807, 2.05) is 0 Å². The summed E-state index contributed by atoms with van der Waals surface area (Å²) < 4.78 is 5.43. The van der Waals surface area contributed by atoms with Gasteiger partial charge in [-0.25, -0.2) is 4.79 Å². The van der Waals surface area contributed by atoms with Gasteiger partial charge in [-0.15, -0.1) is 0 Å². The van der Waals surface area contributed by atoms with Gasteiger partial charge >= 0.3 is 6.09 Å². The molecule has 4 N–H and O–H groups in total. The molecule has 1 fully saturated rings. The lowest BCUT2D eigenvalue weighted by atomic mass is 9.89. The molecule has 6 nitrogen and oxygen atoms in total. The normalized spacial score (nSPS) is 23.2. The number of benzene rings is 1. The van der Waals surface area contributed by atoms with E-state index in [9.17, 15) is 9.59 Å². The number of hydrogen-bond donors (Lipinski definition) is 2. The summed E-state index contributed by atoms with van der Waals surface area (Å²) in [6.07, 6.45) is 2.83. The Morgan fingerprint density at radius 3 is 2.68 bits per heavy atom. The van der Waals surface area contributed by atoms with Gasteiger partial charge in [0.05, 0.1) is 12.1 Å². The second-order valence-corrected chi connectivity index (χ2v) is 6.76. The highest BCUT2D eigenvalue weighted by molar-refractivity contribution is 7.81. The highest BCUT2D eigenvalue weighted by atomic mass is 35.5. The van der Waals surface area contributed by atoms with Crippen LogP contribution in [0.4, 0.5) is 16.2 Å². The van der Waals surface area contributed by atoms with E-state index >= 15 is 0 Å². The van der Waals surface area contributed by atoms with Gasteiger partial charge in [0.15, 0.2) is 0 Å². The second-order valence-electron chi connectivity index (χ2n) is 5.89. The van der Waals surface area contributed by atoms with E-state index in [0.29, 0.717) is 34.2 Å². The number of nitrogens with two attached hydrogens (primary N) is 2. The number of hydrogen-bond acceptors (Lipinski definition) is 5. The fourth-order valence-electron chi connectivity index (χ4n) is 2.88. The lowest BCUT2D eigenvalue weighted by Crippen LogP contribution is -2.30. The Morgan fingerprint density at radius 2 is 2.04 bits per heavy atom. The Bertz CT molecular complexity index is 804. The molecule has 0 radical (unpaired) electrons. The fourth-order valence-corrected chi connectivity index (χ4v) is 3.47. The molecule has 1 aromatic carbocycles. The van der Waals surface area contributed by atoms with Crippen molar-refractivity contribution in [1.29, 1.82) is 0 Å². The summed E-state index contributed by atoms with van der Waals surface area (Å²) in [5.74, 6) is -0.910. The standard InChI is InChI=1S/C17H16ClN3O3S/c18-10-5-9(15(25)14(7-10)16(20)22)6-13-8-21(17(23)24-13)12-3-1-11(19)2-4-12/h1-5,7,9,13H,6,8,19H2,(H2,20,22). The number of rotatable bonds is 4. The van der Waals surface area contributed by atoms with Gasteiger partial charge in [-0.05, 0) is 36.8 Å². The molecule has 25 heavy (non-hydrogen) atoms. The Morgan fingerprint density at radius 1 is 1.36 bits per heavy atom. The molecule has 1 aliphatic heterocycles. The number of carbonyl (C=O) groups is 2. The number of cyclic esters (lactones) is 1. The average molecular weight is 378 g/mol. The Kier molecular flexibility index (Phi) is 4.78. The van der Waals surface area contributed by atoms with Gasteiger partial charge in [-0.2, -0.15) is 0 Å². The molecule has 130 valence electrons. The first kappa shape index (κ1) is 17.4. The molecule has 8 heteroatoms. The van der Waals surface area contributed by atoms with Crippen LogP contribution >= 0.6 is 23.8 Å². The predicted octanol–water partition coefficient (Wildman–Crippen LogP) is 2.52. The molecule has 3 rings (SSSR count). The van der Waals surface area contributed by atoms with E-state index in [1.165, 1.54) is 11.0 Å². The molecule has 2 unspecified atom stereocenters. The quantitative estimate of drug-likeness (QED) is 0.620. The number of ether oxygens (including phenoxy) is 1. The number of nitrogens with zero attached hydrogens (tertiary/aromatic N) is 1. The third kappa shape index (κ3) is 3.67. The molecule has 1 heterocycles. The van der Waals surface area contributed by atoms with Crippen LogP contribution < -0.4 is 16.4 Å². The zero-order valence-corrected chi connectivity index (χ0v) is 14.7. The van der Waals surface area contributed by atoms with Crippen LogP contribution in [-0.2, 0) is 9.53 Å². The van der Waals surface area contributed by atoms with Crippen molar-refractivity contribution in [1.82, 2.24) is 0 Å². The predicted molar refractivity (Wildman–Crippen MR) is 100 cm³/mol. The van der Waals surface area contributed by atoms with Crippen LogP contribution in [0.2, 0.25) is 0 Å². The third-order valence-corrected chi connectivity index (χ3v) is 4.86. The summed E-state index contributed by atoms with van der Waals surface area (Å²) in [6.45, 7) is 0.378. The lowest BCUT2D eigenvalue weighted by molar-refractivity contribution is -0.114. The number of nitrogen functional groups attached to an aromatic ring is 1. The molecular weight excluding hydrogens is 362 g/mol. The van der Waals surface area contributed by atoms with E-state index in [2.05, 4.69) is 0 Å². The molecule has 2 aliphatic rings. The number of thiocarbonyl (C=S) groups is 1. The molecule has 1 saturated heterocycles. The molecule has 1 aromatic rings. The van der Waals surface area contributed by atoms with Gasteiger partial charge in [-0.1, -0.05) is 29.9 Å². The van der Waals surface area contributed by atoms with E-state index in [4.69, 9.17) is 40.0 Å². The minimum atomic E-state index is -0.617. The average Bonchev–Trinajstić information content (AvgIpc) is 2.91. The van der Waals surface area contributed by atoms with Gasteiger partial charge < -0.3 is 16.2 Å². The van der Waals surface area contributed by atoms with Crippen LogP contribution in [0, 0.1) is 5.92 Å². The van der Waals surface area contributed by atoms with Crippen LogP contribution in [-0.4, -0.2) is 29.5 Å². The number of allylic oxidation sites excluding steroid dienone is 3. The number of carbonyl (C=O) groups excluding carboxylic acids is 2. The van der Waals surface area contributed by atoms with E-state index in [0.717, 1.165) is 0 Å². The van der Waals surface area contributed by atoms with Crippen molar-refractivity contribution in [3.63, 3.8) is 0 Å². The van der Waals surface area contributed by atoms with Gasteiger partial charge in [0.1, 0.15) is 6.10 Å². The molecular formula is C17H16ClN3O3S. The monoisotopic (exact) mass is 377 g/mol. The topological polar surface area (TPSA) is 98.7 Å². The largest absolute Gasteiger partial charge is 0.444 e. The number of anilines is 2. The molecule has 1 aliphatic carbocycles. The van der Waals surface area contributed by atoms with Gasteiger partial charge in [0.2, 0.25) is 5.91 Å². The Balaban J connectivity index is 1.71. The van der Waals surface area contributed by atoms with Crippen LogP contribution in [0.1, 0.15) is 6.42 Å². The molecule has 2 amide bonds. The Labute approximate surface area is 155 Å². The first-order chi connectivity index (χ1) is 11.8. The zero-order chi connectivity index (χ0) is 18.1. The number of amides is 2. The summed E-state index contributed by atoms with van der Waals surface area (Å²) in [7, 11) is 0. The van der Waals surface area contributed by atoms with Crippen molar-refractivity contribution in [3.05, 3.63) is 47.0 Å². The van der Waals surface area contributed by atoms with Crippen molar-refractivity contribution in [2.24, 2.45) is 11.7 Å². The minimum Gasteiger partial charge on any atom is -0.444 e. The highest BCUT2D eigenvalue weighted by Crippen LogP contribution is 2.30. The van der Waals surface area contributed by atoms with Gasteiger partial charge in [0, 0.05) is 27.2 Å². The van der Waals surface area contributed by atoms with Gasteiger partial charge in [-0.3, -0.25) is 9.69 Å². The molecule has 2 atom stereocenters. The van der Waals surface area contributed by atoms with Crippen molar-refractivity contribution in [2.75, 3.05) is 17.2 Å². The molecule has 0 aromatic heterocycles. The maximum Gasteiger partial charge on any atom is 0.414 e. The third-order valence-electron chi connectivity index (χ3n) is 4.11. The summed E-state index contributed by atoms with van der Waals surface area (Å²) in [5.41, 5.74) is 12.6. The van der Waals surface area contributed by atoms with Crippen molar-refractivity contribution >= 4 is 52.1 Å². The van der Waals surface area contributed by atoms with E-state index < -0.39 is 12.0 Å². The first-order valence-corrected chi connectivity index (χ1v) is 8.40. The summed E-state index contributed by atoms with van der Waals surface area (Å²) in [6, 6.07) is 6.96. The molecule has 0 spiro atoms. The van der Waals surface area contributed by atoms with Crippen molar-refractivity contribution in [2.45, 2.75) is 12.5 Å². The lowest BCUT2D eigenvalue weighted by Gasteiger charge is -2.21. The maximum atomic E-state index is 12.1. The smallest absolute Gasteiger partial charge is 0.414 e. The fraction of sp³-hybridized carbons (Fsp3) is 0.235. The zero-order valence-electron chi connectivity index (χ0n) is 13.1. The first-order valence-electron chi connectivity index (χ1n) is 7.62. The van der Waals surface area contributed by atoms with Crippen molar-refractivity contribution in [3.8, 4) is 0 Å². The van der Waals surface area contributed by atoms with E-state index in [1.54, 1.807) is 30.3 Å². The van der Waals surface area contributed by atoms with Crippen molar-refractivity contribution < 1.29 is 14.3 Å². The van der Waals surface area contributed by atoms with E-state index in [-0.39, 0.29) is 17.6 Å². The number of halogens is 1. The minimum absolute atomic E-state index is 0.229. The highest BCUT2D eigenvalue weighted by Gasteiger charge is 2.35. The summed E-state index contributed by atoms with van der Waals surface area (Å²) in [4.78, 5) is 25.6. The summed E-state index contributed by atoms with van der Waals surface area (Å²) in [5, 5.41) is 0.395. The van der Waals surface area contributed by atoms with Crippen LogP contribution in [0.3, 0.4) is 0 Å². The number of primary amides is 1. The molecule has 0 saturated carbocycles. The van der Waals surface area contributed by atoms with Crippen LogP contribution in [0.15, 0.2) is 47.0 Å². The SMILES string of the molecule is NC(=O)C1=CC(Cl)=CC(CC2CN(c3ccc(N)cc3)C(=O)O2)C1=S. The maximum absolute atomic E-state index is 12.1. The Hall–Kier alpha value is -2.38.